The lowest BCUT2D eigenvalue weighted by atomic mass is 10.1. The van der Waals surface area contributed by atoms with Crippen molar-refractivity contribution in [3.8, 4) is 11.3 Å². The molecule has 1 heterocycles. The Morgan fingerprint density at radius 3 is 2.41 bits per heavy atom. The lowest BCUT2D eigenvalue weighted by Gasteiger charge is -2.04. The number of hydrogen-bond donors (Lipinski definition) is 0. The van der Waals surface area contributed by atoms with E-state index in [1.165, 1.54) is 0 Å². The summed E-state index contributed by atoms with van der Waals surface area (Å²) in [6.07, 6.45) is 0. The fourth-order valence-electron chi connectivity index (χ4n) is 1.88. The van der Waals surface area contributed by atoms with Crippen molar-refractivity contribution >= 4 is 22.5 Å². The summed E-state index contributed by atoms with van der Waals surface area (Å²) in [4.78, 5) is 4.61. The van der Waals surface area contributed by atoms with Crippen LogP contribution < -0.4 is 0 Å². The van der Waals surface area contributed by atoms with Gasteiger partial charge >= 0.3 is 0 Å². The molecule has 0 bridgehead atoms. The van der Waals surface area contributed by atoms with Gasteiger partial charge in [0.1, 0.15) is 0 Å². The monoisotopic (exact) mass is 239 g/mol. The van der Waals surface area contributed by atoms with Crippen LogP contribution in [-0.4, -0.2) is 4.98 Å². The number of pyridine rings is 1. The first-order valence-electron chi connectivity index (χ1n) is 5.45. The molecule has 17 heavy (non-hydrogen) atoms. The van der Waals surface area contributed by atoms with Gasteiger partial charge in [0.25, 0.3) is 0 Å². The minimum absolute atomic E-state index is 0.695. The molecule has 0 aliphatic heterocycles. The van der Waals surface area contributed by atoms with Gasteiger partial charge < -0.3 is 0 Å². The highest BCUT2D eigenvalue weighted by Crippen LogP contribution is 2.25. The molecule has 1 nitrogen and oxygen atoms in total. The third kappa shape index (κ3) is 1.90. The maximum Gasteiger partial charge on any atom is 0.0895 e. The van der Waals surface area contributed by atoms with Gasteiger partial charge in [0.2, 0.25) is 0 Å². The highest BCUT2D eigenvalue weighted by molar-refractivity contribution is 6.35. The van der Waals surface area contributed by atoms with Gasteiger partial charge in [-0.25, -0.2) is 4.98 Å². The minimum atomic E-state index is 0.695. The molecule has 0 atom stereocenters. The Hall–Kier alpha value is -1.86. The zero-order valence-electron chi connectivity index (χ0n) is 9.10. The molecule has 82 valence electrons. The maximum absolute atomic E-state index is 6.15. The number of nitrogens with zero attached hydrogens (tertiary/aromatic N) is 1. The van der Waals surface area contributed by atoms with Crippen molar-refractivity contribution in [3.63, 3.8) is 0 Å². The number of halogens is 1. The normalized spacial score (nSPS) is 10.6. The Balaban J connectivity index is 2.23. The molecular formula is C15H10ClN. The van der Waals surface area contributed by atoms with E-state index in [4.69, 9.17) is 11.6 Å². The first-order chi connectivity index (χ1) is 8.34. The number of aromatic nitrogens is 1. The molecule has 0 radical (unpaired) electrons. The summed E-state index contributed by atoms with van der Waals surface area (Å²) >= 11 is 6.15. The van der Waals surface area contributed by atoms with Crippen LogP contribution in [-0.2, 0) is 0 Å². The van der Waals surface area contributed by atoms with Gasteiger partial charge in [0, 0.05) is 10.9 Å². The lowest BCUT2D eigenvalue weighted by Crippen LogP contribution is -1.85. The topological polar surface area (TPSA) is 12.9 Å². The van der Waals surface area contributed by atoms with Gasteiger partial charge in [0.15, 0.2) is 0 Å². The molecule has 0 saturated carbocycles. The second-order valence-corrected chi connectivity index (χ2v) is 4.28. The Morgan fingerprint density at radius 2 is 1.59 bits per heavy atom. The summed E-state index contributed by atoms with van der Waals surface area (Å²) in [6.45, 7) is 0. The van der Waals surface area contributed by atoms with E-state index in [1.54, 1.807) is 0 Å². The standard InChI is InChI=1S/C15H10ClN/c16-13-8-4-7-12-9-10-14(17-15(12)13)11-5-2-1-3-6-11/h1-10H. The average Bonchev–Trinajstić information content (AvgIpc) is 2.40. The van der Waals surface area contributed by atoms with E-state index in [0.29, 0.717) is 5.02 Å². The summed E-state index contributed by atoms with van der Waals surface area (Å²) in [5.74, 6) is 0. The van der Waals surface area contributed by atoms with Crippen molar-refractivity contribution < 1.29 is 0 Å². The van der Waals surface area contributed by atoms with Crippen molar-refractivity contribution in [2.75, 3.05) is 0 Å². The van der Waals surface area contributed by atoms with Gasteiger partial charge in [-0.1, -0.05) is 60.1 Å². The maximum atomic E-state index is 6.15. The fourth-order valence-corrected chi connectivity index (χ4v) is 2.10. The van der Waals surface area contributed by atoms with Crippen LogP contribution in [0.3, 0.4) is 0 Å². The van der Waals surface area contributed by atoms with E-state index in [2.05, 4.69) is 11.1 Å². The highest BCUT2D eigenvalue weighted by Gasteiger charge is 2.03. The molecule has 0 saturated heterocycles. The van der Waals surface area contributed by atoms with Crippen molar-refractivity contribution in [1.29, 1.82) is 0 Å². The fraction of sp³-hybridized carbons (Fsp3) is 0. The van der Waals surface area contributed by atoms with Crippen molar-refractivity contribution in [1.82, 2.24) is 4.98 Å². The van der Waals surface area contributed by atoms with Crippen LogP contribution in [0.25, 0.3) is 22.2 Å². The zero-order chi connectivity index (χ0) is 11.7. The molecular weight excluding hydrogens is 230 g/mol. The van der Waals surface area contributed by atoms with E-state index >= 15 is 0 Å². The predicted molar refractivity (Wildman–Crippen MR) is 72.2 cm³/mol. The van der Waals surface area contributed by atoms with Gasteiger partial charge in [-0.05, 0) is 12.1 Å². The Kier molecular flexibility index (Phi) is 2.54. The minimum Gasteiger partial charge on any atom is -0.246 e. The third-order valence-corrected chi connectivity index (χ3v) is 3.05. The first kappa shape index (κ1) is 10.3. The van der Waals surface area contributed by atoms with Gasteiger partial charge in [-0.15, -0.1) is 0 Å². The molecule has 2 heteroatoms. The van der Waals surface area contributed by atoms with Crippen LogP contribution in [0.1, 0.15) is 0 Å². The van der Waals surface area contributed by atoms with Crippen molar-refractivity contribution in [2.45, 2.75) is 0 Å². The van der Waals surface area contributed by atoms with Crippen LogP contribution in [0.15, 0.2) is 60.7 Å². The lowest BCUT2D eigenvalue weighted by molar-refractivity contribution is 1.40. The summed E-state index contributed by atoms with van der Waals surface area (Å²) in [5.41, 5.74) is 2.91. The number of rotatable bonds is 1. The molecule has 0 spiro atoms. The van der Waals surface area contributed by atoms with E-state index < -0.39 is 0 Å². The largest absolute Gasteiger partial charge is 0.246 e. The van der Waals surface area contributed by atoms with Gasteiger partial charge in [-0.3, -0.25) is 0 Å². The molecule has 0 fully saturated rings. The van der Waals surface area contributed by atoms with Crippen LogP contribution in [0.4, 0.5) is 0 Å². The molecule has 0 N–H and O–H groups in total. The Morgan fingerprint density at radius 1 is 0.765 bits per heavy atom. The quantitative estimate of drug-likeness (QED) is 0.607. The molecule has 3 rings (SSSR count). The molecule has 0 aliphatic rings. The van der Waals surface area contributed by atoms with Crippen LogP contribution >= 0.6 is 11.6 Å². The summed E-state index contributed by atoms with van der Waals surface area (Å²) < 4.78 is 0. The van der Waals surface area contributed by atoms with E-state index in [-0.39, 0.29) is 0 Å². The van der Waals surface area contributed by atoms with Crippen LogP contribution in [0.2, 0.25) is 5.02 Å². The number of fused-ring (bicyclic) bond motifs is 1. The summed E-state index contributed by atoms with van der Waals surface area (Å²) in [5, 5.41) is 1.76. The molecule has 3 aromatic rings. The molecule has 0 aliphatic carbocycles. The van der Waals surface area contributed by atoms with Gasteiger partial charge in [-0.2, -0.15) is 0 Å². The van der Waals surface area contributed by atoms with Crippen molar-refractivity contribution in [2.24, 2.45) is 0 Å². The van der Waals surface area contributed by atoms with Crippen LogP contribution in [0, 0.1) is 0 Å². The number of benzene rings is 2. The second kappa shape index (κ2) is 4.19. The summed E-state index contributed by atoms with van der Waals surface area (Å²) in [6, 6.07) is 20.0. The van der Waals surface area contributed by atoms with E-state index in [9.17, 15) is 0 Å². The second-order valence-electron chi connectivity index (χ2n) is 3.87. The number of hydrogen-bond acceptors (Lipinski definition) is 1. The summed E-state index contributed by atoms with van der Waals surface area (Å²) in [7, 11) is 0. The van der Waals surface area contributed by atoms with Crippen LogP contribution in [0.5, 0.6) is 0 Å². The highest BCUT2D eigenvalue weighted by atomic mass is 35.5. The zero-order valence-corrected chi connectivity index (χ0v) is 9.85. The van der Waals surface area contributed by atoms with Gasteiger partial charge in [0.05, 0.1) is 16.2 Å². The number of para-hydroxylation sites is 1. The smallest absolute Gasteiger partial charge is 0.0895 e. The van der Waals surface area contributed by atoms with E-state index in [0.717, 1.165) is 22.2 Å². The third-order valence-electron chi connectivity index (χ3n) is 2.74. The molecule has 0 amide bonds. The predicted octanol–water partition coefficient (Wildman–Crippen LogP) is 4.56. The first-order valence-corrected chi connectivity index (χ1v) is 5.83. The molecule has 2 aromatic carbocycles. The SMILES string of the molecule is Clc1cccc2ccc(-c3ccccc3)nc12. The Labute approximate surface area is 105 Å². The van der Waals surface area contributed by atoms with Crippen molar-refractivity contribution in [3.05, 3.63) is 65.7 Å². The molecule has 0 unspecified atom stereocenters. The average molecular weight is 240 g/mol. The Bertz CT molecular complexity index is 662. The molecule has 1 aromatic heterocycles. The van der Waals surface area contributed by atoms with E-state index in [1.807, 2.05) is 54.6 Å².